The molecule has 1 aromatic rings. The summed E-state index contributed by atoms with van der Waals surface area (Å²) in [4.78, 5) is 0. The first kappa shape index (κ1) is 10.9. The highest BCUT2D eigenvalue weighted by molar-refractivity contribution is 6.58. The van der Waals surface area contributed by atoms with Gasteiger partial charge in [-0.1, -0.05) is 37.4 Å². The first-order chi connectivity index (χ1) is 7.26. The molecule has 0 aromatic heterocycles. The molecule has 0 saturated carbocycles. The highest BCUT2D eigenvalue weighted by atomic mass is 28.3. The van der Waals surface area contributed by atoms with Crippen LogP contribution in [0.2, 0.25) is 13.1 Å². The van der Waals surface area contributed by atoms with Crippen LogP contribution in [-0.4, -0.2) is 15.4 Å². The Hall–Kier alpha value is -0.603. The third-order valence-electron chi connectivity index (χ3n) is 3.44. The molecule has 1 saturated heterocycles. The summed E-state index contributed by atoms with van der Waals surface area (Å²) in [6, 6.07) is 11.5. The van der Waals surface area contributed by atoms with Gasteiger partial charge in [0.05, 0.1) is 14.0 Å². The van der Waals surface area contributed by atoms with Crippen LogP contribution in [0.3, 0.4) is 0 Å². The molecule has 2 rings (SSSR count). The summed E-state index contributed by atoms with van der Waals surface area (Å²) in [5.74, 6) is 0. The lowest BCUT2D eigenvalue weighted by Gasteiger charge is -2.41. The van der Waals surface area contributed by atoms with Crippen molar-refractivity contribution in [2.75, 3.05) is 6.61 Å². The molecule has 1 nitrogen and oxygen atoms in total. The Morgan fingerprint density at radius 2 is 2.00 bits per heavy atom. The molecule has 1 unspecified atom stereocenters. The molecule has 0 amide bonds. The smallest absolute Gasteiger partial charge is 0.0787 e. The molecule has 1 aliphatic rings. The van der Waals surface area contributed by atoms with Crippen LogP contribution >= 0.6 is 0 Å². The van der Waals surface area contributed by atoms with E-state index >= 15 is 0 Å². The molecule has 1 radical (unpaired) electrons. The van der Waals surface area contributed by atoms with Gasteiger partial charge in [-0.25, -0.2) is 0 Å². The summed E-state index contributed by atoms with van der Waals surface area (Å²) < 4.78 is 6.16. The van der Waals surface area contributed by atoms with E-state index in [-0.39, 0.29) is 5.22 Å². The van der Waals surface area contributed by atoms with Crippen molar-refractivity contribution in [1.29, 1.82) is 0 Å². The quantitative estimate of drug-likeness (QED) is 0.695. The maximum absolute atomic E-state index is 6.16. The minimum atomic E-state index is -0.850. The predicted octanol–water partition coefficient (Wildman–Crippen LogP) is 2.91. The van der Waals surface area contributed by atoms with Crippen molar-refractivity contribution < 1.29 is 4.74 Å². The summed E-state index contributed by atoms with van der Waals surface area (Å²) in [5.41, 5.74) is 1.38. The lowest BCUT2D eigenvalue weighted by molar-refractivity contribution is -0.0264. The maximum Gasteiger partial charge on any atom is 0.0787 e. The standard InChI is InChI=1S/C13H19OSi/c1-15(2)13(10-6-7-11-14-13)12-8-4-3-5-9-12/h4-5,8-9,15H,6-7,10-11H2,1-2H3. The van der Waals surface area contributed by atoms with Gasteiger partial charge in [-0.2, -0.15) is 0 Å². The topological polar surface area (TPSA) is 9.23 Å². The van der Waals surface area contributed by atoms with E-state index in [1.54, 1.807) is 0 Å². The average Bonchev–Trinajstić information content (AvgIpc) is 2.31. The van der Waals surface area contributed by atoms with Gasteiger partial charge in [0.1, 0.15) is 0 Å². The van der Waals surface area contributed by atoms with Gasteiger partial charge in [-0.05, 0) is 30.9 Å². The van der Waals surface area contributed by atoms with Crippen LogP contribution < -0.4 is 0 Å². The molecular formula is C13H19OSi. The van der Waals surface area contributed by atoms with Crippen molar-refractivity contribution in [2.45, 2.75) is 37.6 Å². The normalized spacial score (nSPS) is 26.9. The first-order valence-corrected chi connectivity index (χ1v) is 8.75. The minimum Gasteiger partial charge on any atom is -0.374 e. The Labute approximate surface area is 94.1 Å². The molecule has 1 aliphatic heterocycles. The molecule has 1 heterocycles. The highest BCUT2D eigenvalue weighted by Crippen LogP contribution is 2.37. The SMILES string of the molecule is C[SiH](C)C1(c2cc[c]cc2)CCCCO1. The number of hydrogen-bond donors (Lipinski definition) is 0. The number of ether oxygens (including phenoxy) is 1. The van der Waals surface area contributed by atoms with E-state index in [1.165, 1.54) is 24.8 Å². The van der Waals surface area contributed by atoms with E-state index in [1.807, 2.05) is 12.1 Å². The van der Waals surface area contributed by atoms with Crippen LogP contribution in [0.15, 0.2) is 24.3 Å². The van der Waals surface area contributed by atoms with E-state index in [2.05, 4.69) is 31.3 Å². The fourth-order valence-electron chi connectivity index (χ4n) is 2.50. The molecule has 1 aromatic carbocycles. The lowest BCUT2D eigenvalue weighted by atomic mass is 10.0. The van der Waals surface area contributed by atoms with E-state index in [0.29, 0.717) is 0 Å². The zero-order valence-electron chi connectivity index (χ0n) is 9.62. The Morgan fingerprint density at radius 3 is 2.53 bits per heavy atom. The number of rotatable bonds is 2. The number of hydrogen-bond acceptors (Lipinski definition) is 1. The molecule has 0 spiro atoms. The van der Waals surface area contributed by atoms with E-state index in [9.17, 15) is 0 Å². The van der Waals surface area contributed by atoms with Crippen LogP contribution in [0, 0.1) is 6.07 Å². The van der Waals surface area contributed by atoms with Crippen LogP contribution in [0.25, 0.3) is 0 Å². The summed E-state index contributed by atoms with van der Waals surface area (Å²) in [6.45, 7) is 5.72. The molecule has 15 heavy (non-hydrogen) atoms. The summed E-state index contributed by atoms with van der Waals surface area (Å²) >= 11 is 0. The second-order valence-electron chi connectivity index (χ2n) is 4.64. The Kier molecular flexibility index (Phi) is 3.27. The summed E-state index contributed by atoms with van der Waals surface area (Å²) in [5, 5.41) is 0.0906. The van der Waals surface area contributed by atoms with Gasteiger partial charge in [0.15, 0.2) is 0 Å². The molecule has 81 valence electrons. The molecule has 0 N–H and O–H groups in total. The van der Waals surface area contributed by atoms with Crippen molar-refractivity contribution >= 4 is 8.80 Å². The van der Waals surface area contributed by atoms with Crippen LogP contribution in [0.1, 0.15) is 24.8 Å². The van der Waals surface area contributed by atoms with Crippen LogP contribution in [0.5, 0.6) is 0 Å². The van der Waals surface area contributed by atoms with Gasteiger partial charge in [0.2, 0.25) is 0 Å². The van der Waals surface area contributed by atoms with Gasteiger partial charge in [0, 0.05) is 6.61 Å². The molecule has 1 fully saturated rings. The zero-order valence-corrected chi connectivity index (χ0v) is 10.8. The molecule has 2 heteroatoms. The monoisotopic (exact) mass is 219 g/mol. The van der Waals surface area contributed by atoms with Crippen LogP contribution in [0.4, 0.5) is 0 Å². The van der Waals surface area contributed by atoms with Crippen molar-refractivity contribution in [3.8, 4) is 0 Å². The fraction of sp³-hybridized carbons (Fsp3) is 0.538. The third-order valence-corrected chi connectivity index (χ3v) is 6.10. The highest BCUT2D eigenvalue weighted by Gasteiger charge is 2.38. The van der Waals surface area contributed by atoms with Gasteiger partial charge < -0.3 is 4.74 Å². The Morgan fingerprint density at radius 1 is 1.27 bits per heavy atom. The van der Waals surface area contributed by atoms with Crippen LogP contribution in [-0.2, 0) is 9.96 Å². The Bertz CT molecular complexity index is 302. The maximum atomic E-state index is 6.16. The summed E-state index contributed by atoms with van der Waals surface area (Å²) in [7, 11) is -0.850. The minimum absolute atomic E-state index is 0.0906. The lowest BCUT2D eigenvalue weighted by Crippen LogP contribution is -2.44. The van der Waals surface area contributed by atoms with Gasteiger partial charge in [-0.15, -0.1) is 0 Å². The summed E-state index contributed by atoms with van der Waals surface area (Å²) in [6.07, 6.45) is 3.74. The van der Waals surface area contributed by atoms with Crippen molar-refractivity contribution in [2.24, 2.45) is 0 Å². The van der Waals surface area contributed by atoms with Crippen molar-refractivity contribution in [3.05, 3.63) is 35.9 Å². The second-order valence-corrected chi connectivity index (χ2v) is 7.88. The third kappa shape index (κ3) is 2.01. The molecule has 1 atom stereocenters. The van der Waals surface area contributed by atoms with Gasteiger partial charge in [-0.3, -0.25) is 0 Å². The van der Waals surface area contributed by atoms with E-state index < -0.39 is 8.80 Å². The number of benzene rings is 1. The van der Waals surface area contributed by atoms with Gasteiger partial charge >= 0.3 is 0 Å². The average molecular weight is 219 g/mol. The molecule has 0 bridgehead atoms. The van der Waals surface area contributed by atoms with E-state index in [4.69, 9.17) is 4.74 Å². The van der Waals surface area contributed by atoms with Gasteiger partial charge in [0.25, 0.3) is 0 Å². The van der Waals surface area contributed by atoms with Crippen molar-refractivity contribution in [3.63, 3.8) is 0 Å². The first-order valence-electron chi connectivity index (χ1n) is 5.86. The van der Waals surface area contributed by atoms with Crippen molar-refractivity contribution in [1.82, 2.24) is 0 Å². The predicted molar refractivity (Wildman–Crippen MR) is 65.6 cm³/mol. The zero-order chi connectivity index (χ0) is 10.7. The second kappa shape index (κ2) is 4.50. The Balaban J connectivity index is 2.34. The molecular weight excluding hydrogens is 200 g/mol. The fourth-order valence-corrected chi connectivity index (χ4v) is 4.59. The largest absolute Gasteiger partial charge is 0.374 e. The molecule has 0 aliphatic carbocycles. The van der Waals surface area contributed by atoms with E-state index in [0.717, 1.165) is 6.61 Å².